The molecule has 0 unspecified atom stereocenters. The molecule has 0 aliphatic heterocycles. The number of rotatable bonds is 4. The Kier molecular flexibility index (Phi) is 3.72. The van der Waals surface area contributed by atoms with Crippen molar-refractivity contribution < 1.29 is 14.3 Å². The largest absolute Gasteiger partial charge is 0.419 e. The molecule has 0 spiro atoms. The quantitative estimate of drug-likeness (QED) is 0.798. The summed E-state index contributed by atoms with van der Waals surface area (Å²) in [6, 6.07) is 8.50. The molecule has 2 amide bonds. The van der Waals surface area contributed by atoms with Crippen LogP contribution in [0.1, 0.15) is 19.3 Å². The van der Waals surface area contributed by atoms with Crippen LogP contribution in [0.25, 0.3) is 0 Å². The summed E-state index contributed by atoms with van der Waals surface area (Å²) in [6.45, 7) is 0. The third kappa shape index (κ3) is 3.69. The van der Waals surface area contributed by atoms with Gasteiger partial charge in [-0.1, -0.05) is 18.2 Å². The number of amides is 2. The molecule has 0 aromatic heterocycles. The van der Waals surface area contributed by atoms with E-state index in [1.807, 2.05) is 0 Å². The smallest absolute Gasteiger partial charge is 0.410 e. The third-order valence-electron chi connectivity index (χ3n) is 2.62. The number of benzene rings is 1. The first-order valence-corrected chi connectivity index (χ1v) is 5.79. The fraction of sp³-hybridized carbons (Fsp3) is 0.308. The minimum atomic E-state index is -0.810. The number of hydrogen-bond acceptors (Lipinski definition) is 4. The van der Waals surface area contributed by atoms with Crippen LogP contribution in [0.3, 0.4) is 0 Å². The zero-order valence-electron chi connectivity index (χ0n) is 9.81. The first-order valence-electron chi connectivity index (χ1n) is 5.79. The van der Waals surface area contributed by atoms with E-state index in [1.165, 1.54) is 0 Å². The standard InChI is InChI=1S/C13H14N2O3/c14-11(9-6-7-9)8-12(16)15-13(17)18-10-4-2-1-3-5-10/h1-5,9,14H,6-8H2,(H,15,16,17). The van der Waals surface area contributed by atoms with Crippen LogP contribution in [-0.2, 0) is 4.79 Å². The van der Waals surface area contributed by atoms with Gasteiger partial charge in [-0.3, -0.25) is 10.1 Å². The minimum absolute atomic E-state index is 0.0332. The van der Waals surface area contributed by atoms with Gasteiger partial charge in [-0.25, -0.2) is 4.79 Å². The van der Waals surface area contributed by atoms with Crippen LogP contribution >= 0.6 is 0 Å². The van der Waals surface area contributed by atoms with Crippen LogP contribution in [0.2, 0.25) is 0 Å². The molecule has 5 nitrogen and oxygen atoms in total. The predicted octanol–water partition coefficient (Wildman–Crippen LogP) is 2.12. The number of hydrogen-bond donors (Lipinski definition) is 2. The van der Waals surface area contributed by atoms with Crippen molar-refractivity contribution in [3.05, 3.63) is 30.3 Å². The summed E-state index contributed by atoms with van der Waals surface area (Å²) in [4.78, 5) is 22.8. The molecule has 1 aliphatic rings. The first kappa shape index (κ1) is 12.3. The Hall–Kier alpha value is -2.17. The second-order valence-corrected chi connectivity index (χ2v) is 4.23. The molecule has 1 aromatic carbocycles. The molecule has 0 saturated heterocycles. The number of carbonyl (C=O) groups is 2. The molecular weight excluding hydrogens is 232 g/mol. The normalized spacial score (nSPS) is 13.8. The SMILES string of the molecule is N=C(CC(=O)NC(=O)Oc1ccccc1)C1CC1. The molecule has 1 aromatic rings. The van der Waals surface area contributed by atoms with Crippen molar-refractivity contribution in [1.29, 1.82) is 5.41 Å². The van der Waals surface area contributed by atoms with Crippen LogP contribution in [0.4, 0.5) is 4.79 Å². The monoisotopic (exact) mass is 246 g/mol. The highest BCUT2D eigenvalue weighted by molar-refractivity contribution is 6.05. The Bertz CT molecular complexity index is 466. The molecule has 2 rings (SSSR count). The maximum Gasteiger partial charge on any atom is 0.419 e. The summed E-state index contributed by atoms with van der Waals surface area (Å²) in [5.41, 5.74) is 0.389. The highest BCUT2D eigenvalue weighted by Gasteiger charge is 2.27. The van der Waals surface area contributed by atoms with E-state index >= 15 is 0 Å². The van der Waals surface area contributed by atoms with Gasteiger partial charge in [0.05, 0.1) is 6.42 Å². The van der Waals surface area contributed by atoms with E-state index in [-0.39, 0.29) is 12.3 Å². The molecule has 1 saturated carbocycles. The van der Waals surface area contributed by atoms with Gasteiger partial charge in [-0.15, -0.1) is 0 Å². The molecule has 0 atom stereocenters. The van der Waals surface area contributed by atoms with Crippen LogP contribution < -0.4 is 10.1 Å². The Labute approximate surface area is 105 Å². The Balaban J connectivity index is 1.76. The lowest BCUT2D eigenvalue weighted by Gasteiger charge is -2.05. The zero-order valence-corrected chi connectivity index (χ0v) is 9.81. The van der Waals surface area contributed by atoms with Gasteiger partial charge in [0.2, 0.25) is 5.91 Å². The number of carbonyl (C=O) groups excluding carboxylic acids is 2. The van der Waals surface area contributed by atoms with E-state index < -0.39 is 12.0 Å². The second-order valence-electron chi connectivity index (χ2n) is 4.23. The third-order valence-corrected chi connectivity index (χ3v) is 2.62. The fourth-order valence-electron chi connectivity index (χ4n) is 1.53. The topological polar surface area (TPSA) is 79.3 Å². The molecular formula is C13H14N2O3. The Morgan fingerprint density at radius 1 is 1.28 bits per heavy atom. The van der Waals surface area contributed by atoms with Gasteiger partial charge < -0.3 is 10.1 Å². The molecule has 0 bridgehead atoms. The van der Waals surface area contributed by atoms with Crippen molar-refractivity contribution in [2.24, 2.45) is 5.92 Å². The maximum absolute atomic E-state index is 11.4. The van der Waals surface area contributed by atoms with Crippen molar-refractivity contribution in [1.82, 2.24) is 5.32 Å². The zero-order chi connectivity index (χ0) is 13.0. The number of imide groups is 1. The van der Waals surface area contributed by atoms with Crippen LogP contribution in [-0.4, -0.2) is 17.7 Å². The fourth-order valence-corrected chi connectivity index (χ4v) is 1.53. The highest BCUT2D eigenvalue weighted by Crippen LogP contribution is 2.30. The Morgan fingerprint density at radius 2 is 1.94 bits per heavy atom. The van der Waals surface area contributed by atoms with Gasteiger partial charge in [-0.05, 0) is 30.9 Å². The minimum Gasteiger partial charge on any atom is -0.410 e. The summed E-state index contributed by atoms with van der Waals surface area (Å²) < 4.78 is 4.90. The molecule has 2 N–H and O–H groups in total. The summed E-state index contributed by atoms with van der Waals surface area (Å²) in [5.74, 6) is 0.119. The average molecular weight is 246 g/mol. The van der Waals surface area contributed by atoms with E-state index in [4.69, 9.17) is 10.1 Å². The van der Waals surface area contributed by atoms with Crippen molar-refractivity contribution in [3.8, 4) is 5.75 Å². The van der Waals surface area contributed by atoms with Gasteiger partial charge in [0, 0.05) is 5.71 Å². The molecule has 0 radical (unpaired) electrons. The molecule has 18 heavy (non-hydrogen) atoms. The lowest BCUT2D eigenvalue weighted by Crippen LogP contribution is -2.34. The van der Waals surface area contributed by atoms with Gasteiger partial charge in [0.25, 0.3) is 0 Å². The van der Waals surface area contributed by atoms with E-state index in [0.29, 0.717) is 11.5 Å². The maximum atomic E-state index is 11.4. The Morgan fingerprint density at radius 3 is 2.56 bits per heavy atom. The first-order chi connectivity index (χ1) is 8.65. The summed E-state index contributed by atoms with van der Waals surface area (Å²) in [6.07, 6.45) is 1.10. The van der Waals surface area contributed by atoms with E-state index in [0.717, 1.165) is 12.8 Å². The van der Waals surface area contributed by atoms with Crippen molar-refractivity contribution in [3.63, 3.8) is 0 Å². The lowest BCUT2D eigenvalue weighted by atomic mass is 10.2. The van der Waals surface area contributed by atoms with Crippen molar-refractivity contribution in [2.75, 3.05) is 0 Å². The number of para-hydroxylation sites is 1. The van der Waals surface area contributed by atoms with Gasteiger partial charge in [-0.2, -0.15) is 0 Å². The predicted molar refractivity (Wildman–Crippen MR) is 65.7 cm³/mol. The second kappa shape index (κ2) is 5.44. The van der Waals surface area contributed by atoms with Crippen molar-refractivity contribution in [2.45, 2.75) is 19.3 Å². The van der Waals surface area contributed by atoms with Gasteiger partial charge in [0.15, 0.2) is 0 Å². The summed E-state index contributed by atoms with van der Waals surface area (Å²) >= 11 is 0. The molecule has 1 aliphatic carbocycles. The van der Waals surface area contributed by atoms with Gasteiger partial charge >= 0.3 is 6.09 Å². The lowest BCUT2D eigenvalue weighted by molar-refractivity contribution is -0.119. The molecule has 94 valence electrons. The number of nitrogens with one attached hydrogen (secondary N) is 2. The summed E-state index contributed by atoms with van der Waals surface area (Å²) in [7, 11) is 0. The highest BCUT2D eigenvalue weighted by atomic mass is 16.6. The van der Waals surface area contributed by atoms with E-state index in [2.05, 4.69) is 5.32 Å². The average Bonchev–Trinajstić information content (AvgIpc) is 3.13. The summed E-state index contributed by atoms with van der Waals surface area (Å²) in [5, 5.41) is 9.69. The van der Waals surface area contributed by atoms with Crippen LogP contribution in [0, 0.1) is 11.3 Å². The van der Waals surface area contributed by atoms with E-state index in [9.17, 15) is 9.59 Å². The molecule has 1 fully saturated rings. The van der Waals surface area contributed by atoms with E-state index in [1.54, 1.807) is 30.3 Å². The molecule has 0 heterocycles. The molecule has 5 heteroatoms. The number of ether oxygens (including phenoxy) is 1. The van der Waals surface area contributed by atoms with Crippen LogP contribution in [0.5, 0.6) is 5.75 Å². The van der Waals surface area contributed by atoms with Gasteiger partial charge in [0.1, 0.15) is 5.75 Å². The van der Waals surface area contributed by atoms with Crippen molar-refractivity contribution >= 4 is 17.7 Å². The van der Waals surface area contributed by atoms with Crippen LogP contribution in [0.15, 0.2) is 30.3 Å².